The lowest BCUT2D eigenvalue weighted by Gasteiger charge is -2.07. The van der Waals surface area contributed by atoms with Gasteiger partial charge in [0.2, 0.25) is 5.91 Å². The summed E-state index contributed by atoms with van der Waals surface area (Å²) in [5, 5.41) is 4.89. The predicted octanol–water partition coefficient (Wildman–Crippen LogP) is 0.529. The van der Waals surface area contributed by atoms with Crippen molar-refractivity contribution in [2.24, 2.45) is 0 Å². The monoisotopic (exact) mass is 342 g/mol. The van der Waals surface area contributed by atoms with Gasteiger partial charge < -0.3 is 10.6 Å². The van der Waals surface area contributed by atoms with E-state index in [0.29, 0.717) is 5.56 Å². The minimum atomic E-state index is -0.516. The Labute approximate surface area is 124 Å². The first kappa shape index (κ1) is 16.0. The molecule has 0 spiro atoms. The van der Waals surface area contributed by atoms with Crippen LogP contribution in [0.5, 0.6) is 0 Å². The van der Waals surface area contributed by atoms with Gasteiger partial charge in [0.15, 0.2) is 0 Å². The van der Waals surface area contributed by atoms with Gasteiger partial charge in [0, 0.05) is 30.0 Å². The summed E-state index contributed by atoms with van der Waals surface area (Å²) in [5.41, 5.74) is 4.85. The molecule has 7 nitrogen and oxygen atoms in total. The van der Waals surface area contributed by atoms with E-state index in [-0.39, 0.29) is 18.9 Å². The Hall–Kier alpha value is -2.09. The number of halogens is 1. The van der Waals surface area contributed by atoms with E-state index < -0.39 is 11.9 Å². The van der Waals surface area contributed by atoms with Gasteiger partial charge in [-0.2, -0.15) is 0 Å². The van der Waals surface area contributed by atoms with Crippen LogP contribution in [0.3, 0.4) is 0 Å². The highest BCUT2D eigenvalue weighted by molar-refractivity contribution is 9.10. The van der Waals surface area contributed by atoms with Crippen LogP contribution >= 0.6 is 15.9 Å². The third kappa shape index (κ3) is 5.70. The number of hydrazine groups is 1. The van der Waals surface area contributed by atoms with Crippen molar-refractivity contribution in [1.82, 2.24) is 21.5 Å². The molecule has 0 atom stereocenters. The normalized spacial score (nSPS) is 9.50. The maximum atomic E-state index is 11.7. The van der Waals surface area contributed by atoms with Crippen molar-refractivity contribution in [3.63, 3.8) is 0 Å². The van der Waals surface area contributed by atoms with Gasteiger partial charge in [-0.05, 0) is 24.3 Å². The highest BCUT2D eigenvalue weighted by Crippen LogP contribution is 2.10. The first-order valence-electron chi connectivity index (χ1n) is 5.83. The Balaban J connectivity index is 2.26. The lowest BCUT2D eigenvalue weighted by Crippen LogP contribution is -2.46. The third-order valence-electron chi connectivity index (χ3n) is 2.29. The van der Waals surface area contributed by atoms with E-state index in [0.717, 1.165) is 4.47 Å². The Morgan fingerprint density at radius 2 is 1.75 bits per heavy atom. The van der Waals surface area contributed by atoms with Crippen molar-refractivity contribution in [1.29, 1.82) is 0 Å². The molecule has 0 unspecified atom stereocenters. The summed E-state index contributed by atoms with van der Waals surface area (Å²) in [5.74, 6) is -0.658. The molecule has 4 amide bonds. The molecule has 1 aromatic rings. The van der Waals surface area contributed by atoms with E-state index in [1.807, 2.05) is 0 Å². The van der Waals surface area contributed by atoms with Crippen molar-refractivity contribution in [2.45, 2.75) is 6.42 Å². The summed E-state index contributed by atoms with van der Waals surface area (Å²) >= 11 is 3.28. The number of urea groups is 1. The van der Waals surface area contributed by atoms with Gasteiger partial charge in [0.25, 0.3) is 5.91 Å². The lowest BCUT2D eigenvalue weighted by atomic mass is 10.2. The van der Waals surface area contributed by atoms with Gasteiger partial charge in [-0.15, -0.1) is 0 Å². The molecule has 108 valence electrons. The minimum Gasteiger partial charge on any atom is -0.352 e. The molecular weight excluding hydrogens is 328 g/mol. The summed E-state index contributed by atoms with van der Waals surface area (Å²) in [4.78, 5) is 33.8. The molecular formula is C12H15BrN4O3. The third-order valence-corrected chi connectivity index (χ3v) is 2.82. The number of hydrogen-bond donors (Lipinski definition) is 4. The second-order valence-corrected chi connectivity index (χ2v) is 4.68. The largest absolute Gasteiger partial charge is 0.352 e. The van der Waals surface area contributed by atoms with Crippen LogP contribution in [0.25, 0.3) is 0 Å². The summed E-state index contributed by atoms with van der Waals surface area (Å²) in [6.45, 7) is 0.177. The number of carbonyl (C=O) groups excluding carboxylic acids is 3. The molecule has 0 aliphatic heterocycles. The fraction of sp³-hybridized carbons (Fsp3) is 0.250. The Kier molecular flexibility index (Phi) is 6.51. The molecule has 4 N–H and O–H groups in total. The maximum Gasteiger partial charge on any atom is 0.333 e. The zero-order valence-corrected chi connectivity index (χ0v) is 12.4. The fourth-order valence-corrected chi connectivity index (χ4v) is 1.51. The van der Waals surface area contributed by atoms with E-state index in [2.05, 4.69) is 37.4 Å². The molecule has 0 aliphatic carbocycles. The molecule has 0 aromatic heterocycles. The molecule has 8 heteroatoms. The molecule has 0 fully saturated rings. The van der Waals surface area contributed by atoms with E-state index >= 15 is 0 Å². The summed E-state index contributed by atoms with van der Waals surface area (Å²) in [7, 11) is 1.43. The fourth-order valence-electron chi connectivity index (χ4n) is 1.24. The van der Waals surface area contributed by atoms with E-state index in [1.54, 1.807) is 24.3 Å². The molecule has 0 aliphatic rings. The maximum absolute atomic E-state index is 11.7. The Morgan fingerprint density at radius 3 is 2.35 bits per heavy atom. The van der Waals surface area contributed by atoms with Crippen LogP contribution in [-0.2, 0) is 4.79 Å². The number of nitrogens with one attached hydrogen (secondary N) is 4. The molecule has 0 heterocycles. The van der Waals surface area contributed by atoms with E-state index in [9.17, 15) is 14.4 Å². The predicted molar refractivity (Wildman–Crippen MR) is 76.8 cm³/mol. The SMILES string of the molecule is CNC(=O)NNC(=O)CCNC(=O)c1ccc(Br)cc1. The molecule has 1 aromatic carbocycles. The van der Waals surface area contributed by atoms with Gasteiger partial charge in [0.05, 0.1) is 0 Å². The molecule has 1 rings (SSSR count). The first-order chi connectivity index (χ1) is 9.52. The number of carbonyl (C=O) groups is 3. The van der Waals surface area contributed by atoms with Gasteiger partial charge >= 0.3 is 6.03 Å². The summed E-state index contributed by atoms with van der Waals surface area (Å²) < 4.78 is 0.883. The quantitative estimate of drug-likeness (QED) is 0.600. The van der Waals surface area contributed by atoms with Crippen LogP contribution in [0.15, 0.2) is 28.7 Å². The molecule has 0 radical (unpaired) electrons. The molecule has 0 saturated heterocycles. The van der Waals surface area contributed by atoms with Gasteiger partial charge in [-0.25, -0.2) is 10.2 Å². The standard InChI is InChI=1S/C12H15BrN4O3/c1-14-12(20)17-16-10(18)6-7-15-11(19)8-2-4-9(13)5-3-8/h2-5H,6-7H2,1H3,(H,15,19)(H,16,18)(H2,14,17,20). The second kappa shape index (κ2) is 8.16. The second-order valence-electron chi connectivity index (χ2n) is 3.77. The summed E-state index contributed by atoms with van der Waals surface area (Å²) in [6.07, 6.45) is 0.0618. The average molecular weight is 343 g/mol. The highest BCUT2D eigenvalue weighted by Gasteiger charge is 2.06. The van der Waals surface area contributed by atoms with Crippen molar-refractivity contribution >= 4 is 33.8 Å². The summed E-state index contributed by atoms with van der Waals surface area (Å²) in [6, 6.07) is 6.35. The van der Waals surface area contributed by atoms with Crippen LogP contribution < -0.4 is 21.5 Å². The zero-order chi connectivity index (χ0) is 15.0. The van der Waals surface area contributed by atoms with Crippen LogP contribution in [-0.4, -0.2) is 31.4 Å². The van der Waals surface area contributed by atoms with Gasteiger partial charge in [-0.3, -0.25) is 15.0 Å². The van der Waals surface area contributed by atoms with E-state index in [4.69, 9.17) is 0 Å². The average Bonchev–Trinajstić information content (AvgIpc) is 2.45. The highest BCUT2D eigenvalue weighted by atomic mass is 79.9. The van der Waals surface area contributed by atoms with Crippen LogP contribution in [0, 0.1) is 0 Å². The smallest absolute Gasteiger partial charge is 0.333 e. The van der Waals surface area contributed by atoms with Crippen LogP contribution in [0.4, 0.5) is 4.79 Å². The zero-order valence-electron chi connectivity index (χ0n) is 10.8. The molecule has 20 heavy (non-hydrogen) atoms. The topological polar surface area (TPSA) is 99.3 Å². The molecule has 0 saturated carbocycles. The van der Waals surface area contributed by atoms with Crippen molar-refractivity contribution in [2.75, 3.05) is 13.6 Å². The van der Waals surface area contributed by atoms with Crippen LogP contribution in [0.1, 0.15) is 16.8 Å². The van der Waals surface area contributed by atoms with Crippen molar-refractivity contribution in [3.05, 3.63) is 34.3 Å². The number of amides is 4. The minimum absolute atomic E-state index is 0.0618. The number of hydrogen-bond acceptors (Lipinski definition) is 3. The number of rotatable bonds is 4. The Bertz CT molecular complexity index is 490. The first-order valence-corrected chi connectivity index (χ1v) is 6.62. The van der Waals surface area contributed by atoms with E-state index in [1.165, 1.54) is 7.05 Å². The van der Waals surface area contributed by atoms with Crippen LogP contribution in [0.2, 0.25) is 0 Å². The van der Waals surface area contributed by atoms with Crippen molar-refractivity contribution in [3.8, 4) is 0 Å². The Morgan fingerprint density at radius 1 is 1.10 bits per heavy atom. The lowest BCUT2D eigenvalue weighted by molar-refractivity contribution is -0.121. The van der Waals surface area contributed by atoms with Gasteiger partial charge in [-0.1, -0.05) is 15.9 Å². The number of benzene rings is 1. The van der Waals surface area contributed by atoms with Gasteiger partial charge in [0.1, 0.15) is 0 Å². The molecule has 0 bridgehead atoms. The van der Waals surface area contributed by atoms with Crippen molar-refractivity contribution < 1.29 is 14.4 Å².